The van der Waals surface area contributed by atoms with Crippen LogP contribution in [-0.2, 0) is 0 Å². The lowest BCUT2D eigenvalue weighted by molar-refractivity contribution is 0.102. The van der Waals surface area contributed by atoms with Crippen molar-refractivity contribution in [3.05, 3.63) is 58.2 Å². The molecule has 0 spiro atoms. The monoisotopic (exact) mass is 363 g/mol. The summed E-state index contributed by atoms with van der Waals surface area (Å²) in [6.07, 6.45) is 2.77. The molecule has 24 heavy (non-hydrogen) atoms. The van der Waals surface area contributed by atoms with E-state index in [2.05, 4.69) is 25.8 Å². The number of carbonyl (C=O) groups excluding carboxylic acids is 1. The third-order valence-corrected chi connectivity index (χ3v) is 3.50. The first-order chi connectivity index (χ1) is 11.5. The summed E-state index contributed by atoms with van der Waals surface area (Å²) in [5, 5.41) is 10.2. The summed E-state index contributed by atoms with van der Waals surface area (Å²) in [5.74, 6) is 0.908. The Bertz CT molecular complexity index is 880. The van der Waals surface area contributed by atoms with E-state index < -0.39 is 5.91 Å². The van der Waals surface area contributed by atoms with E-state index in [4.69, 9.17) is 27.7 Å². The number of halogens is 2. The van der Waals surface area contributed by atoms with Crippen LogP contribution >= 0.6 is 23.2 Å². The summed E-state index contributed by atoms with van der Waals surface area (Å²) in [6.45, 7) is 1.73. The molecule has 0 saturated carbocycles. The maximum absolute atomic E-state index is 12.0. The summed E-state index contributed by atoms with van der Waals surface area (Å²) in [6, 6.07) is 6.63. The first-order valence-electron chi connectivity index (χ1n) is 6.80. The molecule has 3 rings (SSSR count). The third-order valence-electron chi connectivity index (χ3n) is 2.95. The van der Waals surface area contributed by atoms with Gasteiger partial charge in [0, 0.05) is 11.1 Å². The number of anilines is 3. The molecule has 7 nitrogen and oxygen atoms in total. The van der Waals surface area contributed by atoms with Crippen molar-refractivity contribution in [1.82, 2.24) is 15.1 Å². The van der Waals surface area contributed by atoms with Crippen LogP contribution < -0.4 is 10.6 Å². The van der Waals surface area contributed by atoms with E-state index in [1.54, 1.807) is 31.2 Å². The molecule has 0 unspecified atom stereocenters. The number of carbonyl (C=O) groups is 1. The largest absolute Gasteiger partial charge is 0.360 e. The lowest BCUT2D eigenvalue weighted by Crippen LogP contribution is -2.14. The normalized spacial score (nSPS) is 10.5. The van der Waals surface area contributed by atoms with Gasteiger partial charge in [-0.3, -0.25) is 4.79 Å². The van der Waals surface area contributed by atoms with Crippen LogP contribution in [0.3, 0.4) is 0 Å². The zero-order valence-electron chi connectivity index (χ0n) is 12.4. The smallest absolute Gasteiger partial charge is 0.277 e. The standard InChI is InChI=1S/C15H11Cl2N5O2/c1-8-4-13(22-24-8)21-15(23)12-6-19-14(7-18-12)20-11-3-2-9(16)5-10(11)17/h2-7H,1H3,(H,19,20)(H,21,22,23). The third kappa shape index (κ3) is 3.81. The molecule has 1 aromatic carbocycles. The van der Waals surface area contributed by atoms with Gasteiger partial charge in [-0.2, -0.15) is 0 Å². The van der Waals surface area contributed by atoms with Gasteiger partial charge in [0.15, 0.2) is 5.82 Å². The van der Waals surface area contributed by atoms with Gasteiger partial charge in [-0.15, -0.1) is 0 Å². The Kier molecular flexibility index (Phi) is 4.64. The van der Waals surface area contributed by atoms with Crippen molar-refractivity contribution >= 4 is 46.4 Å². The molecule has 0 fully saturated rings. The lowest BCUT2D eigenvalue weighted by Gasteiger charge is -2.08. The number of aryl methyl sites for hydroxylation is 1. The second kappa shape index (κ2) is 6.86. The predicted octanol–water partition coefficient (Wildman–Crippen LogP) is 4.08. The number of hydrogen-bond acceptors (Lipinski definition) is 6. The first-order valence-corrected chi connectivity index (χ1v) is 7.55. The van der Waals surface area contributed by atoms with E-state index in [0.717, 1.165) is 0 Å². The lowest BCUT2D eigenvalue weighted by atomic mass is 10.3. The molecule has 2 aromatic heterocycles. The van der Waals surface area contributed by atoms with E-state index in [1.807, 2.05) is 0 Å². The average molecular weight is 364 g/mol. The number of benzene rings is 1. The number of amides is 1. The van der Waals surface area contributed by atoms with Crippen LogP contribution in [0.5, 0.6) is 0 Å². The molecule has 0 aliphatic heterocycles. The predicted molar refractivity (Wildman–Crippen MR) is 91.0 cm³/mol. The molecule has 0 atom stereocenters. The number of hydrogen-bond donors (Lipinski definition) is 2. The minimum atomic E-state index is -0.438. The van der Waals surface area contributed by atoms with Crippen molar-refractivity contribution in [2.24, 2.45) is 0 Å². The Hall–Kier alpha value is -2.64. The minimum absolute atomic E-state index is 0.142. The summed E-state index contributed by atoms with van der Waals surface area (Å²) >= 11 is 11.9. The molecular weight excluding hydrogens is 353 g/mol. The van der Waals surface area contributed by atoms with Gasteiger partial charge in [0.05, 0.1) is 23.1 Å². The van der Waals surface area contributed by atoms with Gasteiger partial charge in [0.25, 0.3) is 5.91 Å². The minimum Gasteiger partial charge on any atom is -0.360 e. The van der Waals surface area contributed by atoms with E-state index in [9.17, 15) is 4.79 Å². The van der Waals surface area contributed by atoms with Gasteiger partial charge >= 0.3 is 0 Å². The second-order valence-corrected chi connectivity index (χ2v) is 5.66. The van der Waals surface area contributed by atoms with E-state index in [0.29, 0.717) is 33.1 Å². The molecule has 122 valence electrons. The zero-order chi connectivity index (χ0) is 17.1. The van der Waals surface area contributed by atoms with Crippen molar-refractivity contribution < 1.29 is 9.32 Å². The number of rotatable bonds is 4. The molecule has 0 aliphatic carbocycles. The van der Waals surface area contributed by atoms with Crippen LogP contribution in [0.1, 0.15) is 16.2 Å². The van der Waals surface area contributed by atoms with Gasteiger partial charge in [-0.1, -0.05) is 28.4 Å². The average Bonchev–Trinajstić information content (AvgIpc) is 2.96. The summed E-state index contributed by atoms with van der Waals surface area (Å²) in [5.41, 5.74) is 0.772. The highest BCUT2D eigenvalue weighted by Crippen LogP contribution is 2.27. The molecule has 9 heteroatoms. The Morgan fingerprint density at radius 3 is 2.58 bits per heavy atom. The highest BCUT2D eigenvalue weighted by Gasteiger charge is 2.11. The highest BCUT2D eigenvalue weighted by molar-refractivity contribution is 6.36. The molecule has 0 bridgehead atoms. The fourth-order valence-electron chi connectivity index (χ4n) is 1.84. The van der Waals surface area contributed by atoms with Crippen molar-refractivity contribution in [3.8, 4) is 0 Å². The zero-order valence-corrected chi connectivity index (χ0v) is 13.9. The molecule has 0 aliphatic rings. The van der Waals surface area contributed by atoms with Gasteiger partial charge in [-0.05, 0) is 25.1 Å². The van der Waals surface area contributed by atoms with Crippen LogP contribution in [-0.4, -0.2) is 21.0 Å². The fourth-order valence-corrected chi connectivity index (χ4v) is 2.30. The highest BCUT2D eigenvalue weighted by atomic mass is 35.5. The molecule has 2 N–H and O–H groups in total. The van der Waals surface area contributed by atoms with Crippen LogP contribution in [0.4, 0.5) is 17.3 Å². The van der Waals surface area contributed by atoms with Crippen molar-refractivity contribution in [3.63, 3.8) is 0 Å². The van der Waals surface area contributed by atoms with Crippen molar-refractivity contribution in [2.45, 2.75) is 6.92 Å². The Labute approximate surface area is 147 Å². The second-order valence-electron chi connectivity index (χ2n) is 4.81. The van der Waals surface area contributed by atoms with Gasteiger partial charge in [0.2, 0.25) is 0 Å². The van der Waals surface area contributed by atoms with Gasteiger partial charge < -0.3 is 15.2 Å². The summed E-state index contributed by atoms with van der Waals surface area (Å²) in [7, 11) is 0. The fraction of sp³-hybridized carbons (Fsp3) is 0.0667. The Morgan fingerprint density at radius 2 is 1.96 bits per heavy atom. The number of aromatic nitrogens is 3. The molecule has 2 heterocycles. The molecule has 3 aromatic rings. The van der Waals surface area contributed by atoms with Crippen LogP contribution in [0.2, 0.25) is 10.0 Å². The topological polar surface area (TPSA) is 92.9 Å². The maximum atomic E-state index is 12.0. The van der Waals surface area contributed by atoms with Crippen LogP contribution in [0.25, 0.3) is 0 Å². The van der Waals surface area contributed by atoms with Gasteiger partial charge in [-0.25, -0.2) is 9.97 Å². The SMILES string of the molecule is Cc1cc(NC(=O)c2cnc(Nc3ccc(Cl)cc3Cl)cn2)no1. The molecule has 0 saturated heterocycles. The first kappa shape index (κ1) is 16.2. The van der Waals surface area contributed by atoms with E-state index in [1.165, 1.54) is 12.4 Å². The maximum Gasteiger partial charge on any atom is 0.277 e. The van der Waals surface area contributed by atoms with Crippen molar-refractivity contribution in [1.29, 1.82) is 0 Å². The molecule has 0 radical (unpaired) electrons. The number of nitrogens with one attached hydrogen (secondary N) is 2. The van der Waals surface area contributed by atoms with E-state index >= 15 is 0 Å². The van der Waals surface area contributed by atoms with Crippen LogP contribution in [0, 0.1) is 6.92 Å². The Balaban J connectivity index is 1.69. The van der Waals surface area contributed by atoms with E-state index in [-0.39, 0.29) is 5.69 Å². The summed E-state index contributed by atoms with van der Waals surface area (Å²) < 4.78 is 4.87. The van der Waals surface area contributed by atoms with Crippen molar-refractivity contribution in [2.75, 3.05) is 10.6 Å². The molecule has 1 amide bonds. The van der Waals surface area contributed by atoms with Crippen LogP contribution in [0.15, 0.2) is 41.2 Å². The Morgan fingerprint density at radius 1 is 1.12 bits per heavy atom. The molecular formula is C15H11Cl2N5O2. The van der Waals surface area contributed by atoms with Gasteiger partial charge in [0.1, 0.15) is 17.3 Å². The number of nitrogens with zero attached hydrogens (tertiary/aromatic N) is 3. The quantitative estimate of drug-likeness (QED) is 0.725. The summed E-state index contributed by atoms with van der Waals surface area (Å²) in [4.78, 5) is 20.2.